The van der Waals surface area contributed by atoms with Gasteiger partial charge in [-0.2, -0.15) is 0 Å². The maximum absolute atomic E-state index is 13.4. The van der Waals surface area contributed by atoms with Crippen LogP contribution in [0.4, 0.5) is 4.39 Å². The Morgan fingerprint density at radius 2 is 2.11 bits per heavy atom. The molecular weight excluding hydrogens is 333 g/mol. The van der Waals surface area contributed by atoms with Gasteiger partial charge in [0.2, 0.25) is 0 Å². The van der Waals surface area contributed by atoms with Gasteiger partial charge in [0.1, 0.15) is 15.7 Å². The molecule has 19 heavy (non-hydrogen) atoms. The van der Waals surface area contributed by atoms with Crippen molar-refractivity contribution in [1.82, 2.24) is 4.98 Å². The third-order valence-corrected chi connectivity index (χ3v) is 4.07. The Hall–Kier alpha value is -1.27. The van der Waals surface area contributed by atoms with E-state index < -0.39 is 5.97 Å². The summed E-state index contributed by atoms with van der Waals surface area (Å²) in [6.45, 7) is 3.76. The van der Waals surface area contributed by atoms with Crippen LogP contribution in [0.1, 0.15) is 35.1 Å². The Labute approximate surface area is 122 Å². The number of aromatic carboxylic acids is 1. The molecule has 0 aliphatic carbocycles. The molecule has 1 aromatic heterocycles. The first-order chi connectivity index (χ1) is 8.88. The van der Waals surface area contributed by atoms with Crippen molar-refractivity contribution in [2.75, 3.05) is 0 Å². The Kier molecular flexibility index (Phi) is 4.01. The van der Waals surface area contributed by atoms with Crippen LogP contribution < -0.4 is 0 Å². The second kappa shape index (κ2) is 5.38. The van der Waals surface area contributed by atoms with Crippen molar-refractivity contribution < 1.29 is 14.3 Å². The lowest BCUT2D eigenvalue weighted by Gasteiger charge is -2.01. The average molecular weight is 344 g/mol. The Morgan fingerprint density at radius 3 is 2.58 bits per heavy atom. The van der Waals surface area contributed by atoms with Gasteiger partial charge in [0, 0.05) is 10.0 Å². The fraction of sp³-hybridized carbons (Fsp3) is 0.231. The molecule has 2 rings (SSSR count). The van der Waals surface area contributed by atoms with Crippen molar-refractivity contribution in [2.45, 2.75) is 19.8 Å². The standard InChI is InChI=1S/C13H11BrFNO2S/c1-6(2)10-11(13(17)18)19-12(16-10)7-3-8(14)5-9(15)4-7/h3-6H,1-2H3,(H,17,18). The molecule has 0 radical (unpaired) electrons. The van der Waals surface area contributed by atoms with E-state index in [0.717, 1.165) is 11.3 Å². The number of carbonyl (C=O) groups is 1. The number of hydrogen-bond acceptors (Lipinski definition) is 3. The first-order valence-electron chi connectivity index (χ1n) is 5.59. The molecule has 0 bridgehead atoms. The summed E-state index contributed by atoms with van der Waals surface area (Å²) in [6.07, 6.45) is 0. The van der Waals surface area contributed by atoms with Crippen LogP contribution in [0.2, 0.25) is 0 Å². The maximum atomic E-state index is 13.4. The van der Waals surface area contributed by atoms with Crippen LogP contribution in [0.15, 0.2) is 22.7 Å². The second-order valence-electron chi connectivity index (χ2n) is 4.35. The molecule has 2 aromatic rings. The molecule has 3 nitrogen and oxygen atoms in total. The lowest BCUT2D eigenvalue weighted by molar-refractivity contribution is 0.0700. The van der Waals surface area contributed by atoms with Gasteiger partial charge in [-0.3, -0.25) is 0 Å². The van der Waals surface area contributed by atoms with Crippen molar-refractivity contribution in [1.29, 1.82) is 0 Å². The van der Waals surface area contributed by atoms with E-state index in [1.165, 1.54) is 12.1 Å². The number of carboxylic acids is 1. The third kappa shape index (κ3) is 3.01. The zero-order chi connectivity index (χ0) is 14.2. The number of rotatable bonds is 3. The normalized spacial score (nSPS) is 11.0. The van der Waals surface area contributed by atoms with Gasteiger partial charge in [-0.05, 0) is 24.1 Å². The van der Waals surface area contributed by atoms with E-state index in [9.17, 15) is 14.3 Å². The second-order valence-corrected chi connectivity index (χ2v) is 6.27. The first kappa shape index (κ1) is 14.1. The fourth-order valence-electron chi connectivity index (χ4n) is 1.68. The van der Waals surface area contributed by atoms with Gasteiger partial charge < -0.3 is 5.11 Å². The number of hydrogen-bond donors (Lipinski definition) is 1. The number of thiazole rings is 1. The minimum absolute atomic E-state index is 0.00750. The molecule has 0 fully saturated rings. The highest BCUT2D eigenvalue weighted by atomic mass is 79.9. The third-order valence-electron chi connectivity index (χ3n) is 2.50. The van der Waals surface area contributed by atoms with Gasteiger partial charge in [0.05, 0.1) is 5.69 Å². The van der Waals surface area contributed by atoms with Gasteiger partial charge in [-0.15, -0.1) is 11.3 Å². The van der Waals surface area contributed by atoms with Gasteiger partial charge in [0.15, 0.2) is 0 Å². The Morgan fingerprint density at radius 1 is 1.42 bits per heavy atom. The lowest BCUT2D eigenvalue weighted by atomic mass is 10.1. The molecule has 0 aliphatic rings. The van der Waals surface area contributed by atoms with Crippen LogP contribution >= 0.6 is 27.3 Å². The van der Waals surface area contributed by atoms with Crippen LogP contribution in [0.3, 0.4) is 0 Å². The highest BCUT2D eigenvalue weighted by molar-refractivity contribution is 9.10. The number of carboxylic acid groups (broad SMARTS) is 1. The summed E-state index contributed by atoms with van der Waals surface area (Å²) < 4.78 is 14.0. The highest BCUT2D eigenvalue weighted by Gasteiger charge is 2.20. The average Bonchev–Trinajstić information content (AvgIpc) is 2.72. The number of benzene rings is 1. The maximum Gasteiger partial charge on any atom is 0.347 e. The zero-order valence-corrected chi connectivity index (χ0v) is 12.7. The molecule has 0 atom stereocenters. The summed E-state index contributed by atoms with van der Waals surface area (Å²) in [6, 6.07) is 4.41. The molecule has 1 heterocycles. The lowest BCUT2D eigenvalue weighted by Crippen LogP contribution is -2.00. The molecule has 0 aliphatic heterocycles. The van der Waals surface area contributed by atoms with Crippen molar-refractivity contribution in [3.8, 4) is 10.6 Å². The van der Waals surface area contributed by atoms with E-state index in [1.807, 2.05) is 13.8 Å². The predicted octanol–water partition coefficient (Wildman–Crippen LogP) is 4.53. The number of nitrogens with zero attached hydrogens (tertiary/aromatic N) is 1. The van der Waals surface area contributed by atoms with Crippen LogP contribution in [-0.4, -0.2) is 16.1 Å². The fourth-order valence-corrected chi connectivity index (χ4v) is 3.19. The summed E-state index contributed by atoms with van der Waals surface area (Å²) in [7, 11) is 0. The van der Waals surface area contributed by atoms with Gasteiger partial charge in [-0.25, -0.2) is 14.2 Å². The van der Waals surface area contributed by atoms with E-state index in [-0.39, 0.29) is 16.6 Å². The zero-order valence-electron chi connectivity index (χ0n) is 10.3. The van der Waals surface area contributed by atoms with Gasteiger partial charge in [-0.1, -0.05) is 29.8 Å². The summed E-state index contributed by atoms with van der Waals surface area (Å²) >= 11 is 4.28. The van der Waals surface area contributed by atoms with Crippen molar-refractivity contribution in [3.05, 3.63) is 39.1 Å². The van der Waals surface area contributed by atoms with Crippen LogP contribution in [0.25, 0.3) is 10.6 Å². The van der Waals surface area contributed by atoms with Gasteiger partial charge in [0.25, 0.3) is 0 Å². The Balaban J connectivity index is 2.57. The molecule has 0 saturated heterocycles. The molecular formula is C13H11BrFNO2S. The number of aromatic nitrogens is 1. The molecule has 0 saturated carbocycles. The summed E-state index contributed by atoms with van der Waals surface area (Å²) in [5.74, 6) is -1.38. The molecule has 0 spiro atoms. The minimum Gasteiger partial charge on any atom is -0.477 e. The van der Waals surface area contributed by atoms with E-state index in [2.05, 4.69) is 20.9 Å². The highest BCUT2D eigenvalue weighted by Crippen LogP contribution is 2.33. The van der Waals surface area contributed by atoms with E-state index >= 15 is 0 Å². The smallest absolute Gasteiger partial charge is 0.347 e. The topological polar surface area (TPSA) is 50.2 Å². The molecule has 0 unspecified atom stereocenters. The molecule has 1 aromatic carbocycles. The van der Waals surface area contributed by atoms with E-state index in [4.69, 9.17) is 0 Å². The molecule has 100 valence electrons. The first-order valence-corrected chi connectivity index (χ1v) is 7.20. The summed E-state index contributed by atoms with van der Waals surface area (Å²) in [5.41, 5.74) is 1.11. The monoisotopic (exact) mass is 343 g/mol. The van der Waals surface area contributed by atoms with Gasteiger partial charge >= 0.3 is 5.97 Å². The van der Waals surface area contributed by atoms with Crippen molar-refractivity contribution >= 4 is 33.2 Å². The van der Waals surface area contributed by atoms with Crippen LogP contribution in [-0.2, 0) is 0 Å². The van der Waals surface area contributed by atoms with Crippen molar-refractivity contribution in [2.24, 2.45) is 0 Å². The molecule has 6 heteroatoms. The molecule has 1 N–H and O–H groups in total. The van der Waals surface area contributed by atoms with Crippen LogP contribution in [0, 0.1) is 5.82 Å². The summed E-state index contributed by atoms with van der Waals surface area (Å²) in [5, 5.41) is 9.69. The van der Waals surface area contributed by atoms with Crippen molar-refractivity contribution in [3.63, 3.8) is 0 Å². The summed E-state index contributed by atoms with van der Waals surface area (Å²) in [4.78, 5) is 15.7. The van der Waals surface area contributed by atoms with E-state index in [0.29, 0.717) is 20.7 Å². The predicted molar refractivity (Wildman–Crippen MR) is 76.3 cm³/mol. The SMILES string of the molecule is CC(C)c1nc(-c2cc(F)cc(Br)c2)sc1C(=O)O. The van der Waals surface area contributed by atoms with Crippen LogP contribution in [0.5, 0.6) is 0 Å². The number of halogens is 2. The largest absolute Gasteiger partial charge is 0.477 e. The van der Waals surface area contributed by atoms with E-state index in [1.54, 1.807) is 6.07 Å². The quantitative estimate of drug-likeness (QED) is 0.890. The molecule has 0 amide bonds. The minimum atomic E-state index is -0.997. The Bertz CT molecular complexity index is 619.